The number of H-pyrrole nitrogens is 1. The zero-order valence-electron chi connectivity index (χ0n) is 18.1. The summed E-state index contributed by atoms with van der Waals surface area (Å²) in [5.41, 5.74) is 0.886. The number of aliphatic imine (C=N–C) groups is 1. The Morgan fingerprint density at radius 3 is 2.75 bits per heavy atom. The topological polar surface area (TPSA) is 118 Å². The summed E-state index contributed by atoms with van der Waals surface area (Å²) in [7, 11) is -1.80. The molecule has 2 aromatic heterocycles. The monoisotopic (exact) mass is 533 g/mol. The van der Waals surface area contributed by atoms with Crippen molar-refractivity contribution in [2.24, 2.45) is 4.99 Å². The van der Waals surface area contributed by atoms with Gasteiger partial charge in [-0.1, -0.05) is 23.7 Å². The highest BCUT2D eigenvalue weighted by atomic mass is 35.5. The second-order valence-electron chi connectivity index (χ2n) is 7.73. The number of nitrogens with one attached hydrogen (secondary N) is 2. The molecule has 1 fully saturated rings. The third kappa shape index (κ3) is 4.79. The molecule has 1 saturated heterocycles. The molecule has 2 N–H and O–H groups in total. The van der Waals surface area contributed by atoms with Crippen molar-refractivity contribution in [3.63, 3.8) is 0 Å². The van der Waals surface area contributed by atoms with Crippen molar-refractivity contribution in [1.29, 1.82) is 0 Å². The van der Waals surface area contributed by atoms with Crippen LogP contribution in [-0.4, -0.2) is 40.5 Å². The smallest absolute Gasteiger partial charge is 0.298 e. The van der Waals surface area contributed by atoms with Crippen LogP contribution in [0, 0.1) is 0 Å². The third-order valence-corrected chi connectivity index (χ3v) is 6.85. The fourth-order valence-corrected chi connectivity index (χ4v) is 4.86. The van der Waals surface area contributed by atoms with Gasteiger partial charge in [0.1, 0.15) is 21.4 Å². The van der Waals surface area contributed by atoms with E-state index in [0.29, 0.717) is 22.2 Å². The molecular formula is C22H15ClF3N7O2S. The summed E-state index contributed by atoms with van der Waals surface area (Å²) in [5, 5.41) is 17.3. The number of fused-ring (bicyclic) bond motifs is 1. The molecule has 1 unspecified atom stereocenters. The van der Waals surface area contributed by atoms with Crippen LogP contribution in [-0.2, 0) is 34.9 Å². The number of amides is 1. The molecule has 0 spiro atoms. The molecule has 2 aromatic carbocycles. The number of rotatable bonds is 5. The van der Waals surface area contributed by atoms with Gasteiger partial charge < -0.3 is 0 Å². The minimum Gasteiger partial charge on any atom is -0.298 e. The fraction of sp³-hybridized carbons (Fsp3) is 0.136. The van der Waals surface area contributed by atoms with E-state index in [0.717, 1.165) is 6.07 Å². The Bertz CT molecular complexity index is 1560. The molecule has 0 bridgehead atoms. The van der Waals surface area contributed by atoms with Crippen molar-refractivity contribution in [3.05, 3.63) is 81.1 Å². The van der Waals surface area contributed by atoms with Gasteiger partial charge in [0.05, 0.1) is 36.6 Å². The predicted octanol–water partition coefficient (Wildman–Crippen LogP) is 3.65. The van der Waals surface area contributed by atoms with Crippen LogP contribution >= 0.6 is 11.6 Å². The summed E-state index contributed by atoms with van der Waals surface area (Å²) in [6.07, 6.45) is -0.108. The second-order valence-corrected chi connectivity index (χ2v) is 9.53. The van der Waals surface area contributed by atoms with E-state index in [4.69, 9.17) is 11.6 Å². The van der Waals surface area contributed by atoms with Crippen molar-refractivity contribution in [1.82, 2.24) is 30.5 Å². The number of aromatic amines is 1. The predicted molar refractivity (Wildman–Crippen MR) is 127 cm³/mol. The Hall–Kier alpha value is -3.84. The molecule has 1 amide bonds. The van der Waals surface area contributed by atoms with Crippen molar-refractivity contribution in [2.45, 2.75) is 19.3 Å². The van der Waals surface area contributed by atoms with Gasteiger partial charge in [0.25, 0.3) is 5.91 Å². The van der Waals surface area contributed by atoms with Gasteiger partial charge in [0.15, 0.2) is 5.17 Å². The van der Waals surface area contributed by atoms with E-state index in [-0.39, 0.29) is 33.7 Å². The summed E-state index contributed by atoms with van der Waals surface area (Å²) in [4.78, 5) is 16.5. The van der Waals surface area contributed by atoms with Gasteiger partial charge in [-0.05, 0) is 41.5 Å². The first-order valence-corrected chi connectivity index (χ1v) is 11.9. The number of nitrogens with zero attached hydrogens (tertiary/aromatic N) is 5. The van der Waals surface area contributed by atoms with E-state index in [1.807, 2.05) is 0 Å². The maximum absolute atomic E-state index is 13.5. The number of amidine groups is 1. The molecular weight excluding hydrogens is 519 g/mol. The quantitative estimate of drug-likeness (QED) is 0.380. The molecule has 0 radical (unpaired) electrons. The van der Waals surface area contributed by atoms with Crippen LogP contribution in [0.5, 0.6) is 0 Å². The number of benzene rings is 2. The molecule has 0 saturated carbocycles. The van der Waals surface area contributed by atoms with Crippen LogP contribution in [0.1, 0.15) is 22.4 Å². The summed E-state index contributed by atoms with van der Waals surface area (Å²) < 4.78 is 54.6. The van der Waals surface area contributed by atoms with Gasteiger partial charge in [-0.3, -0.25) is 19.8 Å². The molecule has 184 valence electrons. The minimum atomic E-state index is -4.56. The molecule has 1 aliphatic rings. The lowest BCUT2D eigenvalue weighted by Gasteiger charge is -2.14. The normalized spacial score (nSPS) is 18.4. The van der Waals surface area contributed by atoms with E-state index in [1.165, 1.54) is 35.3 Å². The van der Waals surface area contributed by atoms with Crippen LogP contribution < -0.4 is 5.32 Å². The first-order chi connectivity index (χ1) is 17.2. The molecule has 14 heteroatoms. The number of hydrogen-bond donors (Lipinski definition) is 2. The van der Waals surface area contributed by atoms with Crippen molar-refractivity contribution >= 4 is 50.5 Å². The van der Waals surface area contributed by atoms with Crippen molar-refractivity contribution < 1.29 is 22.2 Å². The zero-order valence-corrected chi connectivity index (χ0v) is 19.7. The second kappa shape index (κ2) is 9.32. The maximum atomic E-state index is 13.5. The first-order valence-electron chi connectivity index (χ1n) is 10.3. The standard InChI is InChI=1S/C22H15ClF3N7O2S/c23-15-3-2-13(17(7-15)22(24,25)26)11-33-18-4-1-12(5-14(18)8-29-33)6-19-20(34)30-21(36(19)35)27-9-16-10-28-32-31-16/h1-8,10H,9,11H2,(H,27,30,34)(H,28,31,32). The van der Waals surface area contributed by atoms with Gasteiger partial charge in [0, 0.05) is 10.4 Å². The molecule has 5 rings (SSSR count). The molecule has 0 aliphatic carbocycles. The van der Waals surface area contributed by atoms with Gasteiger partial charge in [-0.15, -0.1) is 0 Å². The average Bonchev–Trinajstić information content (AvgIpc) is 3.55. The number of alkyl halides is 3. The molecule has 3 heterocycles. The van der Waals surface area contributed by atoms with Gasteiger partial charge in [-0.2, -0.15) is 33.7 Å². The highest BCUT2D eigenvalue weighted by Gasteiger charge is 2.34. The van der Waals surface area contributed by atoms with Crippen LogP contribution in [0.2, 0.25) is 5.02 Å². The van der Waals surface area contributed by atoms with Crippen LogP contribution in [0.25, 0.3) is 17.0 Å². The Morgan fingerprint density at radius 2 is 2.00 bits per heavy atom. The Balaban J connectivity index is 1.40. The number of hydrogen-bond acceptors (Lipinski definition) is 6. The van der Waals surface area contributed by atoms with E-state index in [1.54, 1.807) is 18.2 Å². The average molecular weight is 534 g/mol. The van der Waals surface area contributed by atoms with E-state index in [9.17, 15) is 22.2 Å². The number of carbonyl (C=O) groups is 1. The number of aromatic nitrogens is 5. The largest absolute Gasteiger partial charge is 0.416 e. The van der Waals surface area contributed by atoms with Crippen molar-refractivity contribution in [3.8, 4) is 0 Å². The zero-order chi connectivity index (χ0) is 25.4. The fourth-order valence-electron chi connectivity index (χ4n) is 3.65. The summed E-state index contributed by atoms with van der Waals surface area (Å²) in [6.45, 7) is -0.0202. The Labute approximate surface area is 208 Å². The minimum absolute atomic E-state index is 0.00578. The van der Waals surface area contributed by atoms with E-state index < -0.39 is 28.4 Å². The van der Waals surface area contributed by atoms with Crippen LogP contribution in [0.15, 0.2) is 58.7 Å². The highest BCUT2D eigenvalue weighted by molar-refractivity contribution is 8.05. The number of carbonyl (C=O) groups excluding carboxylic acids is 1. The lowest BCUT2D eigenvalue weighted by Crippen LogP contribution is -2.21. The molecule has 4 aromatic rings. The van der Waals surface area contributed by atoms with E-state index >= 15 is 0 Å². The van der Waals surface area contributed by atoms with E-state index in [2.05, 4.69) is 30.8 Å². The maximum Gasteiger partial charge on any atom is 0.416 e. The third-order valence-electron chi connectivity index (χ3n) is 5.33. The molecule has 1 aliphatic heterocycles. The molecule has 36 heavy (non-hydrogen) atoms. The lowest BCUT2D eigenvalue weighted by molar-refractivity contribution is -0.138. The Morgan fingerprint density at radius 1 is 1.17 bits per heavy atom. The first kappa shape index (κ1) is 23.9. The molecule has 9 nitrogen and oxygen atoms in total. The van der Waals surface area contributed by atoms with Crippen LogP contribution in [0.3, 0.4) is 0 Å². The van der Waals surface area contributed by atoms with Crippen molar-refractivity contribution in [2.75, 3.05) is 0 Å². The highest BCUT2D eigenvalue weighted by Crippen LogP contribution is 2.34. The lowest BCUT2D eigenvalue weighted by atomic mass is 10.1. The van der Waals surface area contributed by atoms with Crippen LogP contribution in [0.4, 0.5) is 13.2 Å². The molecule has 1 atom stereocenters. The summed E-state index contributed by atoms with van der Waals surface area (Å²) >= 11 is 5.77. The van der Waals surface area contributed by atoms with Gasteiger partial charge in [-0.25, -0.2) is 4.21 Å². The summed E-state index contributed by atoms with van der Waals surface area (Å²) in [6, 6.07) is 8.66. The van der Waals surface area contributed by atoms with Gasteiger partial charge in [0.2, 0.25) is 0 Å². The Kier molecular flexibility index (Phi) is 6.18. The summed E-state index contributed by atoms with van der Waals surface area (Å²) in [5.74, 6) is -0.537. The van der Waals surface area contributed by atoms with Gasteiger partial charge >= 0.3 is 6.18 Å². The SMILES string of the molecule is O=C1NC(=NCc2cn[nH]n2)S(=O)C1=Cc1ccc2c(cnn2Cc2ccc(Cl)cc2C(F)(F)F)c1. The number of halogens is 4.